The molecule has 2 aliphatic rings. The first kappa shape index (κ1) is 57.5. The number of aliphatic hydroxyl groups is 1. The SMILES string of the molecule is C.CC(C)(C)OC(=O)NCc1cccc(CN2C(=O)c3cccc(NC(=O)c4ccc(Cl)s4)c3C2=O)c1.CC(C)(C)OC(=O)NCc1cccc(CO)c1.O=C(Nc1cccc2c1C(=O)NC2=O)c1ccc(Cl)s1. The fourth-order valence-electron chi connectivity index (χ4n) is 6.98. The molecule has 388 valence electrons. The second-order valence-electron chi connectivity index (χ2n) is 18.1. The van der Waals surface area contributed by atoms with Crippen molar-refractivity contribution in [1.29, 1.82) is 0 Å². The highest BCUT2D eigenvalue weighted by Gasteiger charge is 2.38. The molecule has 4 heterocycles. The van der Waals surface area contributed by atoms with E-state index in [4.69, 9.17) is 37.8 Å². The lowest BCUT2D eigenvalue weighted by Crippen LogP contribution is -2.32. The molecular weight excluding hydrogens is 1030 g/mol. The van der Waals surface area contributed by atoms with Crippen molar-refractivity contribution in [3.8, 4) is 0 Å². The van der Waals surface area contributed by atoms with Crippen LogP contribution in [0.4, 0.5) is 21.0 Å². The van der Waals surface area contributed by atoms with Crippen molar-refractivity contribution in [2.45, 2.75) is 86.4 Å². The predicted octanol–water partition coefficient (Wildman–Crippen LogP) is 10.9. The molecule has 8 amide bonds. The van der Waals surface area contributed by atoms with Crippen molar-refractivity contribution in [2.24, 2.45) is 0 Å². The van der Waals surface area contributed by atoms with Gasteiger partial charge in [-0.25, -0.2) is 9.59 Å². The van der Waals surface area contributed by atoms with E-state index in [1.807, 2.05) is 57.2 Å². The van der Waals surface area contributed by atoms with Crippen molar-refractivity contribution < 1.29 is 52.9 Å². The molecule has 74 heavy (non-hydrogen) atoms. The number of anilines is 2. The van der Waals surface area contributed by atoms with E-state index in [1.165, 1.54) is 6.07 Å². The number of benzene rings is 4. The number of hydrogen-bond acceptors (Lipinski definition) is 13. The van der Waals surface area contributed by atoms with Gasteiger partial charge in [-0.15, -0.1) is 22.7 Å². The normalized spacial score (nSPS) is 12.4. The quantitative estimate of drug-likeness (QED) is 0.0667. The van der Waals surface area contributed by atoms with E-state index in [0.717, 1.165) is 44.3 Å². The Labute approximate surface area is 445 Å². The van der Waals surface area contributed by atoms with Crippen molar-refractivity contribution in [3.05, 3.63) is 172 Å². The van der Waals surface area contributed by atoms with Gasteiger partial charge in [0.25, 0.3) is 35.4 Å². The molecule has 8 rings (SSSR count). The minimum atomic E-state index is -0.605. The highest BCUT2D eigenvalue weighted by Crippen LogP contribution is 2.32. The number of hydrogen-bond donors (Lipinski definition) is 6. The van der Waals surface area contributed by atoms with Crippen LogP contribution in [0.2, 0.25) is 8.67 Å². The van der Waals surface area contributed by atoms with Crippen LogP contribution in [-0.2, 0) is 35.7 Å². The van der Waals surface area contributed by atoms with Crippen LogP contribution < -0.4 is 26.6 Å². The number of carbonyl (C=O) groups excluding carboxylic acids is 8. The summed E-state index contributed by atoms with van der Waals surface area (Å²) in [6.45, 7) is 11.5. The number of nitrogens with one attached hydrogen (secondary N) is 5. The summed E-state index contributed by atoms with van der Waals surface area (Å²) in [5.74, 6) is -2.69. The molecule has 0 bridgehead atoms. The maximum Gasteiger partial charge on any atom is 0.407 e. The summed E-state index contributed by atoms with van der Waals surface area (Å²) in [6, 6.07) is 30.5. The van der Waals surface area contributed by atoms with Crippen LogP contribution in [0.3, 0.4) is 0 Å². The number of rotatable bonds is 11. The van der Waals surface area contributed by atoms with Gasteiger partial charge in [0.2, 0.25) is 0 Å². The van der Waals surface area contributed by atoms with E-state index in [1.54, 1.807) is 87.5 Å². The van der Waals surface area contributed by atoms with Gasteiger partial charge in [-0.05, 0) is 112 Å². The summed E-state index contributed by atoms with van der Waals surface area (Å²) in [7, 11) is 0. The molecule has 0 atom stereocenters. The van der Waals surface area contributed by atoms with Crippen LogP contribution >= 0.6 is 45.9 Å². The standard InChI is InChI=1S/C26H24ClN3O5S.C13H7ClN2O3S.C13H19NO3.CH4/c1-26(2,3)35-25(34)28-13-15-6-4-7-16(12-15)14-30-23(32)17-8-5-9-18(21(17)24(30)33)29-22(31)19-10-11-20(27)36-19;14-9-5-4-8(20-9)12(18)15-7-3-1-2-6-10(7)13(19)16-11(6)17;1-13(2,3)17-12(16)14-8-10-5-4-6-11(7-10)9-15;/h4-12H,13-14H2,1-3H3,(H,28,34)(H,29,31);1-5H,(H,15,18)(H,16,17,19);4-7,15H,8-9H2,1-3H3,(H,14,16);1H4. The van der Waals surface area contributed by atoms with Gasteiger partial charge in [-0.1, -0.05) is 91.3 Å². The van der Waals surface area contributed by atoms with Crippen molar-refractivity contribution in [1.82, 2.24) is 20.9 Å². The minimum absolute atomic E-state index is 0. The Morgan fingerprint density at radius 3 is 1.50 bits per heavy atom. The number of halogens is 2. The molecule has 0 fully saturated rings. The van der Waals surface area contributed by atoms with Crippen LogP contribution in [-0.4, -0.2) is 68.8 Å². The average molecular weight is 1090 g/mol. The van der Waals surface area contributed by atoms with Crippen LogP contribution in [0.15, 0.2) is 109 Å². The summed E-state index contributed by atoms with van der Waals surface area (Å²) < 4.78 is 11.3. The van der Waals surface area contributed by atoms with Crippen LogP contribution in [0.5, 0.6) is 0 Å². The zero-order chi connectivity index (χ0) is 53.2. The molecule has 6 aromatic rings. The molecule has 0 spiro atoms. The first-order chi connectivity index (χ1) is 34.5. The van der Waals surface area contributed by atoms with Gasteiger partial charge in [0.15, 0.2) is 0 Å². The number of nitrogens with zero attached hydrogens (tertiary/aromatic N) is 1. The Morgan fingerprint density at radius 2 is 1.03 bits per heavy atom. The molecule has 0 radical (unpaired) electrons. The number of alkyl carbamates (subject to hydrolysis) is 2. The number of fused-ring (bicyclic) bond motifs is 2. The second-order valence-corrected chi connectivity index (χ2v) is 21.5. The number of imide groups is 2. The Kier molecular flexibility index (Phi) is 19.4. The fraction of sp³-hybridized carbons (Fsp3) is 0.245. The van der Waals surface area contributed by atoms with Crippen LogP contribution in [0.25, 0.3) is 0 Å². The summed E-state index contributed by atoms with van der Waals surface area (Å²) in [5.41, 5.74) is 3.57. The minimum Gasteiger partial charge on any atom is -0.444 e. The molecule has 0 saturated heterocycles. The van der Waals surface area contributed by atoms with Crippen LogP contribution in [0.1, 0.15) is 132 Å². The van der Waals surface area contributed by atoms with E-state index < -0.39 is 52.9 Å². The molecule has 2 aliphatic heterocycles. The highest BCUT2D eigenvalue weighted by atomic mass is 35.5. The van der Waals surface area contributed by atoms with Gasteiger partial charge in [0.05, 0.1) is 65.2 Å². The Bertz CT molecular complexity index is 3100. The number of thiophene rings is 2. The lowest BCUT2D eigenvalue weighted by molar-refractivity contribution is 0.0512. The lowest BCUT2D eigenvalue weighted by Gasteiger charge is -2.20. The van der Waals surface area contributed by atoms with Crippen molar-refractivity contribution >= 4 is 105 Å². The molecule has 4 aromatic carbocycles. The highest BCUT2D eigenvalue weighted by molar-refractivity contribution is 7.18. The fourth-order valence-corrected chi connectivity index (χ4v) is 8.86. The number of carbonyl (C=O) groups is 8. The zero-order valence-electron chi connectivity index (χ0n) is 40.3. The van der Waals surface area contributed by atoms with Crippen molar-refractivity contribution in [3.63, 3.8) is 0 Å². The zero-order valence-corrected chi connectivity index (χ0v) is 43.4. The topological polar surface area (TPSA) is 239 Å². The summed E-state index contributed by atoms with van der Waals surface area (Å²) in [6.07, 6.45) is -0.973. The van der Waals surface area contributed by atoms with Gasteiger partial charge in [-0.3, -0.25) is 39.0 Å². The monoisotopic (exact) mass is 1080 g/mol. The molecule has 21 heteroatoms. The predicted molar refractivity (Wildman–Crippen MR) is 285 cm³/mol. The average Bonchev–Trinajstić information content (AvgIpc) is 4.10. The molecule has 17 nitrogen and oxygen atoms in total. The lowest BCUT2D eigenvalue weighted by atomic mass is 10.1. The maximum absolute atomic E-state index is 13.2. The number of amides is 8. The van der Waals surface area contributed by atoms with Crippen LogP contribution in [0, 0.1) is 0 Å². The number of ether oxygens (including phenoxy) is 2. The Balaban J connectivity index is 0.000000225. The second kappa shape index (κ2) is 25.0. The number of aliphatic hydroxyl groups excluding tert-OH is 1. The molecule has 0 aliphatic carbocycles. The first-order valence-electron chi connectivity index (χ1n) is 22.3. The summed E-state index contributed by atoms with van der Waals surface area (Å²) in [5, 5.41) is 21.9. The van der Waals surface area contributed by atoms with Gasteiger partial charge in [0, 0.05) is 13.1 Å². The maximum atomic E-state index is 13.2. The van der Waals surface area contributed by atoms with E-state index in [9.17, 15) is 38.4 Å². The Hall–Kier alpha value is -7.42. The van der Waals surface area contributed by atoms with Gasteiger partial charge >= 0.3 is 12.2 Å². The molecule has 0 unspecified atom stereocenters. The summed E-state index contributed by atoms with van der Waals surface area (Å²) in [4.78, 5) is 99.5. The molecule has 0 saturated carbocycles. The van der Waals surface area contributed by atoms with Gasteiger partial charge < -0.3 is 35.8 Å². The van der Waals surface area contributed by atoms with E-state index in [0.29, 0.717) is 36.2 Å². The third-order valence-corrected chi connectivity index (χ3v) is 12.5. The van der Waals surface area contributed by atoms with Gasteiger partial charge in [-0.2, -0.15) is 0 Å². The van der Waals surface area contributed by atoms with Crippen molar-refractivity contribution in [2.75, 3.05) is 10.6 Å². The largest absolute Gasteiger partial charge is 0.444 e. The molecular formula is C53H54Cl2N6O11S2. The third-order valence-electron chi connectivity index (χ3n) is 10.0. The van der Waals surface area contributed by atoms with E-state index in [-0.39, 0.29) is 61.0 Å². The first-order valence-corrected chi connectivity index (χ1v) is 24.7. The Morgan fingerprint density at radius 1 is 0.581 bits per heavy atom. The molecule has 6 N–H and O–H groups in total. The third kappa shape index (κ3) is 15.8. The summed E-state index contributed by atoms with van der Waals surface area (Å²) >= 11 is 13.9. The van der Waals surface area contributed by atoms with Gasteiger partial charge in [0.1, 0.15) is 11.2 Å². The van der Waals surface area contributed by atoms with E-state index in [2.05, 4.69) is 26.6 Å². The molecule has 2 aromatic heterocycles. The van der Waals surface area contributed by atoms with E-state index >= 15 is 0 Å². The smallest absolute Gasteiger partial charge is 0.407 e.